The third-order valence-corrected chi connectivity index (χ3v) is 2.88. The number of nitrogens with zero attached hydrogens (tertiary/aromatic N) is 2. The maximum atomic E-state index is 4.22. The van der Waals surface area contributed by atoms with Gasteiger partial charge in [0.25, 0.3) is 0 Å². The summed E-state index contributed by atoms with van der Waals surface area (Å²) < 4.78 is 0. The molecule has 0 aromatic heterocycles. The molecule has 0 bridgehead atoms. The van der Waals surface area contributed by atoms with Gasteiger partial charge >= 0.3 is 0 Å². The lowest BCUT2D eigenvalue weighted by molar-refractivity contribution is 0.402. The molecule has 21 heavy (non-hydrogen) atoms. The lowest BCUT2D eigenvalue weighted by Crippen LogP contribution is -2.38. The molecule has 0 aliphatic carbocycles. The van der Waals surface area contributed by atoms with Crippen LogP contribution < -0.4 is 10.6 Å². The van der Waals surface area contributed by atoms with E-state index in [0.717, 1.165) is 25.6 Å². The summed E-state index contributed by atoms with van der Waals surface area (Å²) in [6.45, 7) is 7.07. The van der Waals surface area contributed by atoms with Gasteiger partial charge in [-0.1, -0.05) is 38.1 Å². The Hall–Kier alpha value is -0.820. The normalized spacial score (nSPS) is 11.5. The first-order chi connectivity index (χ1) is 9.51. The smallest absolute Gasteiger partial charge is 0.191 e. The maximum Gasteiger partial charge on any atom is 0.191 e. The molecule has 0 amide bonds. The maximum absolute atomic E-state index is 4.22. The second-order valence-electron chi connectivity index (χ2n) is 5.75. The first kappa shape index (κ1) is 20.2. The van der Waals surface area contributed by atoms with Crippen molar-refractivity contribution in [3.63, 3.8) is 0 Å². The van der Waals surface area contributed by atoms with Crippen molar-refractivity contribution >= 4 is 29.9 Å². The first-order valence-corrected chi connectivity index (χ1v) is 7.18. The summed E-state index contributed by atoms with van der Waals surface area (Å²) in [6, 6.07) is 8.70. The average molecular weight is 404 g/mol. The van der Waals surface area contributed by atoms with E-state index in [9.17, 15) is 0 Å². The third-order valence-electron chi connectivity index (χ3n) is 2.88. The summed E-state index contributed by atoms with van der Waals surface area (Å²) in [7, 11) is 5.97. The summed E-state index contributed by atoms with van der Waals surface area (Å²) in [6.07, 6.45) is 0. The van der Waals surface area contributed by atoms with Crippen molar-refractivity contribution < 1.29 is 0 Å². The molecule has 2 N–H and O–H groups in total. The van der Waals surface area contributed by atoms with Crippen molar-refractivity contribution in [2.45, 2.75) is 26.9 Å². The molecule has 1 aromatic carbocycles. The molecule has 0 saturated heterocycles. The molecule has 0 fully saturated rings. The van der Waals surface area contributed by atoms with Gasteiger partial charge < -0.3 is 15.5 Å². The van der Waals surface area contributed by atoms with Crippen LogP contribution in [0.3, 0.4) is 0 Å². The SMILES string of the molecule is CN=C(NCc1ccc(CN(C)C)cc1)NCC(C)C.I. The zero-order valence-electron chi connectivity index (χ0n) is 13.8. The van der Waals surface area contributed by atoms with Crippen molar-refractivity contribution in [3.8, 4) is 0 Å². The third kappa shape index (κ3) is 8.93. The molecule has 1 aromatic rings. The van der Waals surface area contributed by atoms with Crippen molar-refractivity contribution in [1.82, 2.24) is 15.5 Å². The van der Waals surface area contributed by atoms with Crippen LogP contribution in [0.2, 0.25) is 0 Å². The zero-order valence-corrected chi connectivity index (χ0v) is 16.1. The topological polar surface area (TPSA) is 39.7 Å². The van der Waals surface area contributed by atoms with E-state index in [-0.39, 0.29) is 24.0 Å². The van der Waals surface area contributed by atoms with Crippen LogP contribution in [0.4, 0.5) is 0 Å². The Balaban J connectivity index is 0.00000400. The second-order valence-corrected chi connectivity index (χ2v) is 5.75. The fourth-order valence-corrected chi connectivity index (χ4v) is 1.83. The lowest BCUT2D eigenvalue weighted by Gasteiger charge is -2.14. The van der Waals surface area contributed by atoms with E-state index < -0.39 is 0 Å². The highest BCUT2D eigenvalue weighted by Crippen LogP contribution is 2.05. The molecule has 0 saturated carbocycles. The van der Waals surface area contributed by atoms with Gasteiger partial charge in [-0.05, 0) is 31.1 Å². The molecule has 0 spiro atoms. The first-order valence-electron chi connectivity index (χ1n) is 7.18. The summed E-state index contributed by atoms with van der Waals surface area (Å²) in [5, 5.41) is 6.64. The molecule has 1 rings (SSSR count). The monoisotopic (exact) mass is 404 g/mol. The number of guanidine groups is 1. The van der Waals surface area contributed by atoms with Gasteiger partial charge in [0.05, 0.1) is 0 Å². The minimum Gasteiger partial charge on any atom is -0.356 e. The van der Waals surface area contributed by atoms with Crippen molar-refractivity contribution in [3.05, 3.63) is 35.4 Å². The fourth-order valence-electron chi connectivity index (χ4n) is 1.83. The number of halogens is 1. The second kappa shape index (κ2) is 10.8. The molecular formula is C16H29IN4. The quantitative estimate of drug-likeness (QED) is 0.435. The summed E-state index contributed by atoms with van der Waals surface area (Å²) in [5.74, 6) is 1.47. The lowest BCUT2D eigenvalue weighted by atomic mass is 10.1. The predicted molar refractivity (Wildman–Crippen MR) is 102 cm³/mol. The van der Waals surface area contributed by atoms with Crippen molar-refractivity contribution in [2.24, 2.45) is 10.9 Å². The van der Waals surface area contributed by atoms with E-state index in [0.29, 0.717) is 5.92 Å². The van der Waals surface area contributed by atoms with Gasteiger partial charge in [0, 0.05) is 26.7 Å². The number of benzene rings is 1. The number of aliphatic imine (C=N–C) groups is 1. The number of hydrogen-bond donors (Lipinski definition) is 2. The van der Waals surface area contributed by atoms with Gasteiger partial charge in [0.2, 0.25) is 0 Å². The predicted octanol–water partition coefficient (Wildman–Crippen LogP) is 2.69. The Morgan fingerprint density at radius 1 is 1.10 bits per heavy atom. The van der Waals surface area contributed by atoms with E-state index in [4.69, 9.17) is 0 Å². The van der Waals surface area contributed by atoms with Crippen LogP contribution in [0.25, 0.3) is 0 Å². The van der Waals surface area contributed by atoms with Gasteiger partial charge in [-0.25, -0.2) is 0 Å². The molecule has 120 valence electrons. The van der Waals surface area contributed by atoms with Crippen LogP contribution in [0.1, 0.15) is 25.0 Å². The summed E-state index contributed by atoms with van der Waals surface area (Å²) >= 11 is 0. The minimum absolute atomic E-state index is 0. The number of nitrogens with one attached hydrogen (secondary N) is 2. The van der Waals surface area contributed by atoms with Crippen LogP contribution >= 0.6 is 24.0 Å². The zero-order chi connectivity index (χ0) is 15.0. The Bertz CT molecular complexity index is 413. The molecule has 0 radical (unpaired) electrons. The molecular weight excluding hydrogens is 375 g/mol. The summed E-state index contributed by atoms with van der Waals surface area (Å²) in [5.41, 5.74) is 2.60. The molecule has 0 aliphatic heterocycles. The highest BCUT2D eigenvalue weighted by Gasteiger charge is 2.00. The van der Waals surface area contributed by atoms with Gasteiger partial charge in [-0.2, -0.15) is 0 Å². The Labute approximate surface area is 146 Å². The van der Waals surface area contributed by atoms with E-state index in [2.05, 4.69) is 72.7 Å². The Kier molecular flexibility index (Phi) is 10.4. The molecule has 0 atom stereocenters. The van der Waals surface area contributed by atoms with Gasteiger partial charge in [0.1, 0.15) is 0 Å². The van der Waals surface area contributed by atoms with E-state index in [1.54, 1.807) is 7.05 Å². The molecule has 5 heteroatoms. The molecule has 0 heterocycles. The van der Waals surface area contributed by atoms with E-state index in [1.807, 2.05) is 0 Å². The van der Waals surface area contributed by atoms with Gasteiger partial charge in [-0.3, -0.25) is 4.99 Å². The highest BCUT2D eigenvalue weighted by atomic mass is 127. The largest absolute Gasteiger partial charge is 0.356 e. The molecule has 0 aliphatic rings. The highest BCUT2D eigenvalue weighted by molar-refractivity contribution is 14.0. The number of hydrogen-bond acceptors (Lipinski definition) is 2. The minimum atomic E-state index is 0. The van der Waals surface area contributed by atoms with E-state index >= 15 is 0 Å². The summed E-state index contributed by atoms with van der Waals surface area (Å²) in [4.78, 5) is 6.39. The van der Waals surface area contributed by atoms with Crippen LogP contribution in [0.15, 0.2) is 29.3 Å². The molecule has 0 unspecified atom stereocenters. The standard InChI is InChI=1S/C16H28N4.HI/c1-13(2)10-18-16(17-3)19-11-14-6-8-15(9-7-14)12-20(4)5;/h6-9,13H,10-12H2,1-5H3,(H2,17,18,19);1H. The van der Waals surface area contributed by atoms with Crippen molar-refractivity contribution in [2.75, 3.05) is 27.7 Å². The van der Waals surface area contributed by atoms with Crippen molar-refractivity contribution in [1.29, 1.82) is 0 Å². The van der Waals surface area contributed by atoms with Gasteiger partial charge in [0.15, 0.2) is 5.96 Å². The van der Waals surface area contributed by atoms with Crippen LogP contribution in [0, 0.1) is 5.92 Å². The van der Waals surface area contributed by atoms with Gasteiger partial charge in [-0.15, -0.1) is 24.0 Å². The van der Waals surface area contributed by atoms with Crippen LogP contribution in [-0.2, 0) is 13.1 Å². The van der Waals surface area contributed by atoms with Crippen LogP contribution in [0.5, 0.6) is 0 Å². The van der Waals surface area contributed by atoms with E-state index in [1.165, 1.54) is 11.1 Å². The number of rotatable bonds is 6. The Morgan fingerprint density at radius 3 is 2.14 bits per heavy atom. The Morgan fingerprint density at radius 2 is 1.67 bits per heavy atom. The fraction of sp³-hybridized carbons (Fsp3) is 0.562. The molecule has 4 nitrogen and oxygen atoms in total. The average Bonchev–Trinajstić information content (AvgIpc) is 2.40. The van der Waals surface area contributed by atoms with Crippen LogP contribution in [-0.4, -0.2) is 38.5 Å².